The van der Waals surface area contributed by atoms with Crippen LogP contribution in [0.4, 0.5) is 0 Å². The molecule has 120 valence electrons. The Labute approximate surface area is 133 Å². The van der Waals surface area contributed by atoms with Crippen molar-refractivity contribution >= 4 is 17.5 Å². The minimum absolute atomic E-state index is 0.215. The summed E-state index contributed by atoms with van der Waals surface area (Å²) in [4.78, 5) is 12.1. The number of carbonyl (C=O) groups excluding carboxylic acids is 1. The predicted molar refractivity (Wildman–Crippen MR) is 80.6 cm³/mol. The van der Waals surface area contributed by atoms with E-state index in [1.54, 1.807) is 32.1 Å². The molecule has 2 heterocycles. The molecule has 2 rings (SSSR count). The molecule has 1 N–H and O–H groups in total. The average molecular weight is 327 g/mol. The van der Waals surface area contributed by atoms with Gasteiger partial charge in [-0.1, -0.05) is 11.6 Å². The maximum absolute atomic E-state index is 12.1. The van der Waals surface area contributed by atoms with Crippen LogP contribution in [0.25, 0.3) is 0 Å². The first kappa shape index (κ1) is 16.4. The number of carbonyl (C=O) groups is 1. The zero-order chi connectivity index (χ0) is 16.1. The number of ether oxygens (including phenoxy) is 1. The minimum Gasteiger partial charge on any atom is -0.385 e. The van der Waals surface area contributed by atoms with E-state index in [9.17, 15) is 4.79 Å². The van der Waals surface area contributed by atoms with E-state index in [1.165, 1.54) is 0 Å². The van der Waals surface area contributed by atoms with Crippen LogP contribution in [0.2, 0.25) is 5.02 Å². The van der Waals surface area contributed by atoms with Crippen molar-refractivity contribution in [2.24, 2.45) is 7.05 Å². The van der Waals surface area contributed by atoms with Crippen LogP contribution < -0.4 is 5.32 Å². The van der Waals surface area contributed by atoms with Crippen molar-refractivity contribution in [3.8, 4) is 0 Å². The summed E-state index contributed by atoms with van der Waals surface area (Å²) >= 11 is 6.09. The van der Waals surface area contributed by atoms with E-state index in [0.717, 1.165) is 18.7 Å². The Kier molecular flexibility index (Phi) is 5.51. The Morgan fingerprint density at radius 2 is 2.27 bits per heavy atom. The van der Waals surface area contributed by atoms with E-state index in [1.807, 2.05) is 4.57 Å². The van der Waals surface area contributed by atoms with Gasteiger partial charge in [0.1, 0.15) is 6.33 Å². The highest BCUT2D eigenvalue weighted by atomic mass is 35.5. The van der Waals surface area contributed by atoms with Crippen molar-refractivity contribution < 1.29 is 9.53 Å². The molecular weight excluding hydrogens is 308 g/mol. The van der Waals surface area contributed by atoms with Gasteiger partial charge >= 0.3 is 0 Å². The second-order valence-corrected chi connectivity index (χ2v) is 5.22. The number of aryl methyl sites for hydroxylation is 2. The van der Waals surface area contributed by atoms with Crippen LogP contribution in [-0.4, -0.2) is 44.2 Å². The van der Waals surface area contributed by atoms with Crippen LogP contribution in [0.15, 0.2) is 6.33 Å². The first-order valence-corrected chi connectivity index (χ1v) is 7.25. The smallest absolute Gasteiger partial charge is 0.273 e. The third-order valence-corrected chi connectivity index (χ3v) is 3.78. The largest absolute Gasteiger partial charge is 0.385 e. The summed E-state index contributed by atoms with van der Waals surface area (Å²) in [6.45, 7) is 3.46. The zero-order valence-corrected chi connectivity index (χ0v) is 13.6. The second kappa shape index (κ2) is 7.37. The fourth-order valence-corrected chi connectivity index (χ4v) is 2.20. The third kappa shape index (κ3) is 3.63. The monoisotopic (exact) mass is 326 g/mol. The minimum atomic E-state index is -0.333. The molecule has 0 atom stereocenters. The SMILES string of the molecule is COCCCn1cnnc1CNC(=O)c1nn(C)c(C)c1Cl. The molecular formula is C13H19ClN6O2. The maximum atomic E-state index is 12.1. The first-order valence-electron chi connectivity index (χ1n) is 6.87. The standard InChI is InChI=1S/C13H19ClN6O2/c1-9-11(14)12(18-19(9)2)13(21)15-7-10-17-16-8-20(10)5-4-6-22-3/h8H,4-7H2,1-3H3,(H,15,21). The Balaban J connectivity index is 1.96. The highest BCUT2D eigenvalue weighted by molar-refractivity contribution is 6.34. The molecule has 0 unspecified atom stereocenters. The van der Waals surface area contributed by atoms with Crippen LogP contribution in [0.1, 0.15) is 28.4 Å². The normalized spacial score (nSPS) is 10.9. The van der Waals surface area contributed by atoms with Crippen LogP contribution in [-0.2, 0) is 24.9 Å². The summed E-state index contributed by atoms with van der Waals surface area (Å²) in [6, 6.07) is 0. The highest BCUT2D eigenvalue weighted by Crippen LogP contribution is 2.18. The van der Waals surface area contributed by atoms with Gasteiger partial charge in [-0.15, -0.1) is 10.2 Å². The van der Waals surface area contributed by atoms with Gasteiger partial charge < -0.3 is 14.6 Å². The van der Waals surface area contributed by atoms with Crippen molar-refractivity contribution in [2.45, 2.75) is 26.4 Å². The average Bonchev–Trinajstić information content (AvgIpc) is 3.05. The number of halogens is 1. The third-order valence-electron chi connectivity index (χ3n) is 3.33. The van der Waals surface area contributed by atoms with Crippen molar-refractivity contribution in [3.05, 3.63) is 28.6 Å². The van der Waals surface area contributed by atoms with Gasteiger partial charge in [0.15, 0.2) is 11.5 Å². The quantitative estimate of drug-likeness (QED) is 0.765. The molecule has 1 amide bonds. The van der Waals surface area contributed by atoms with Gasteiger partial charge in [-0.3, -0.25) is 9.48 Å². The molecule has 0 aliphatic rings. The van der Waals surface area contributed by atoms with Crippen LogP contribution in [0.5, 0.6) is 0 Å². The van der Waals surface area contributed by atoms with E-state index in [0.29, 0.717) is 17.5 Å². The predicted octanol–water partition coefficient (Wildman–Crippen LogP) is 0.940. The van der Waals surface area contributed by atoms with E-state index < -0.39 is 0 Å². The Morgan fingerprint density at radius 3 is 2.91 bits per heavy atom. The Hall–Kier alpha value is -1.93. The molecule has 0 bridgehead atoms. The molecule has 0 radical (unpaired) electrons. The number of aromatic nitrogens is 5. The lowest BCUT2D eigenvalue weighted by atomic mass is 10.3. The number of hydrogen-bond donors (Lipinski definition) is 1. The van der Waals surface area contributed by atoms with E-state index in [4.69, 9.17) is 16.3 Å². The van der Waals surface area contributed by atoms with Crippen molar-refractivity contribution in [2.75, 3.05) is 13.7 Å². The van der Waals surface area contributed by atoms with Crippen molar-refractivity contribution in [1.82, 2.24) is 29.9 Å². The lowest BCUT2D eigenvalue weighted by Crippen LogP contribution is -2.25. The molecule has 2 aromatic heterocycles. The van der Waals surface area contributed by atoms with Gasteiger partial charge in [0.25, 0.3) is 5.91 Å². The fourth-order valence-electron chi connectivity index (χ4n) is 1.95. The number of hydrogen-bond acceptors (Lipinski definition) is 5. The molecule has 0 aliphatic carbocycles. The summed E-state index contributed by atoms with van der Waals surface area (Å²) < 4.78 is 8.47. The first-order chi connectivity index (χ1) is 10.5. The molecule has 0 saturated heterocycles. The van der Waals surface area contributed by atoms with Gasteiger partial charge in [-0.2, -0.15) is 5.10 Å². The lowest BCUT2D eigenvalue weighted by Gasteiger charge is -2.07. The number of nitrogens with one attached hydrogen (secondary N) is 1. The topological polar surface area (TPSA) is 86.9 Å². The molecule has 22 heavy (non-hydrogen) atoms. The molecule has 8 nitrogen and oxygen atoms in total. The van der Waals surface area contributed by atoms with Gasteiger partial charge in [0.05, 0.1) is 17.3 Å². The van der Waals surface area contributed by atoms with E-state index in [2.05, 4.69) is 20.6 Å². The van der Waals surface area contributed by atoms with Gasteiger partial charge in [-0.05, 0) is 13.3 Å². The zero-order valence-electron chi connectivity index (χ0n) is 12.8. The van der Waals surface area contributed by atoms with Crippen molar-refractivity contribution in [1.29, 1.82) is 0 Å². The van der Waals surface area contributed by atoms with Crippen molar-refractivity contribution in [3.63, 3.8) is 0 Å². The molecule has 0 saturated carbocycles. The number of methoxy groups -OCH3 is 1. The summed E-state index contributed by atoms with van der Waals surface area (Å²) in [7, 11) is 3.40. The Morgan fingerprint density at radius 1 is 1.50 bits per heavy atom. The van der Waals surface area contributed by atoms with E-state index >= 15 is 0 Å². The number of nitrogens with zero attached hydrogens (tertiary/aromatic N) is 5. The molecule has 0 spiro atoms. The fraction of sp³-hybridized carbons (Fsp3) is 0.538. The van der Waals surface area contributed by atoms with Crippen LogP contribution >= 0.6 is 11.6 Å². The van der Waals surface area contributed by atoms with Crippen LogP contribution in [0, 0.1) is 6.92 Å². The number of rotatable bonds is 7. The molecule has 0 aromatic carbocycles. The van der Waals surface area contributed by atoms with Gasteiger partial charge in [-0.25, -0.2) is 0 Å². The van der Waals surface area contributed by atoms with Crippen LogP contribution in [0.3, 0.4) is 0 Å². The number of amides is 1. The molecule has 9 heteroatoms. The second-order valence-electron chi connectivity index (χ2n) is 4.84. The molecule has 0 fully saturated rings. The lowest BCUT2D eigenvalue weighted by molar-refractivity contribution is 0.0943. The van der Waals surface area contributed by atoms with E-state index in [-0.39, 0.29) is 18.1 Å². The van der Waals surface area contributed by atoms with Gasteiger partial charge in [0.2, 0.25) is 0 Å². The summed E-state index contributed by atoms with van der Waals surface area (Å²) in [5.41, 5.74) is 0.960. The maximum Gasteiger partial charge on any atom is 0.273 e. The highest BCUT2D eigenvalue weighted by Gasteiger charge is 2.18. The molecule has 2 aromatic rings. The Bertz CT molecular complexity index is 651. The van der Waals surface area contributed by atoms with Gasteiger partial charge in [0, 0.05) is 27.3 Å². The molecule has 0 aliphatic heterocycles. The summed E-state index contributed by atoms with van der Waals surface area (Å²) in [5.74, 6) is 0.341. The summed E-state index contributed by atoms with van der Waals surface area (Å²) in [5, 5.41) is 15.1. The summed E-state index contributed by atoms with van der Waals surface area (Å²) in [6.07, 6.45) is 2.48.